The van der Waals surface area contributed by atoms with Gasteiger partial charge in [-0.3, -0.25) is 14.5 Å². The summed E-state index contributed by atoms with van der Waals surface area (Å²) in [6.45, 7) is 0.0825. The lowest BCUT2D eigenvalue weighted by molar-refractivity contribution is -0.132. The van der Waals surface area contributed by atoms with Crippen LogP contribution in [0.4, 0.5) is 0 Å². The van der Waals surface area contributed by atoms with Gasteiger partial charge < -0.3 is 14.5 Å². The predicted octanol–water partition coefficient (Wildman–Crippen LogP) is 2.16. The van der Waals surface area contributed by atoms with Crippen LogP contribution in [0, 0.1) is 11.3 Å². The number of allylic oxidation sites excluding steroid dienone is 1. The third-order valence-corrected chi connectivity index (χ3v) is 9.55. The number of benzene rings is 2. The molecule has 1 N–H and O–H groups in total. The van der Waals surface area contributed by atoms with Gasteiger partial charge in [0.2, 0.25) is 10.0 Å². The quantitative estimate of drug-likeness (QED) is 0.212. The largest absolute Gasteiger partial charge is 0.356 e. The molecule has 0 saturated carbocycles. The molecule has 44 heavy (non-hydrogen) atoms. The molecule has 0 radical (unpaired) electrons. The number of nitrogens with zero attached hydrogens (tertiary/aromatic N) is 7. The van der Waals surface area contributed by atoms with Crippen LogP contribution in [0.2, 0.25) is 0 Å². The molecule has 4 aromatic rings. The molecule has 1 amide bonds. The molecule has 1 saturated heterocycles. The molecule has 0 spiro atoms. The minimum absolute atomic E-state index is 0.0825. The molecule has 226 valence electrons. The number of hydrogen-bond donors (Lipinski definition) is 1. The highest BCUT2D eigenvalue weighted by Crippen LogP contribution is 2.32. The second kappa shape index (κ2) is 11.9. The number of carbonyl (C=O) groups excluding carboxylic acids is 2. The molecule has 1 fully saturated rings. The summed E-state index contributed by atoms with van der Waals surface area (Å²) in [4.78, 5) is 38.1. The zero-order valence-corrected chi connectivity index (χ0v) is 25.6. The third-order valence-electron chi connectivity index (χ3n) is 7.72. The fourth-order valence-electron chi connectivity index (χ4n) is 5.11. The van der Waals surface area contributed by atoms with Crippen molar-refractivity contribution < 1.29 is 18.0 Å². The van der Waals surface area contributed by atoms with Crippen molar-refractivity contribution in [3.8, 4) is 6.07 Å². The topological polar surface area (TPSA) is 146 Å². The summed E-state index contributed by atoms with van der Waals surface area (Å²) in [5.41, 5.74) is 1.89. The Morgan fingerprint density at radius 1 is 0.977 bits per heavy atom. The first kappa shape index (κ1) is 30.4. The summed E-state index contributed by atoms with van der Waals surface area (Å²) in [5.74, 6) is -0.304. The van der Waals surface area contributed by atoms with Gasteiger partial charge in [-0.05, 0) is 42.0 Å². The molecular formula is C31H32N8O4S. The van der Waals surface area contributed by atoms with Gasteiger partial charge in [0.1, 0.15) is 11.4 Å². The Bertz CT molecular complexity index is 1840. The minimum atomic E-state index is -3.63. The normalized spacial score (nSPS) is 15.5. The van der Waals surface area contributed by atoms with Crippen molar-refractivity contribution in [2.75, 3.05) is 14.1 Å². The van der Waals surface area contributed by atoms with Gasteiger partial charge in [0.05, 0.1) is 35.7 Å². The molecular weight excluding hydrogens is 580 g/mol. The molecule has 1 aliphatic rings. The van der Waals surface area contributed by atoms with E-state index in [4.69, 9.17) is 5.26 Å². The first-order chi connectivity index (χ1) is 20.9. The molecule has 0 unspecified atom stereocenters. The molecule has 0 aliphatic carbocycles. The van der Waals surface area contributed by atoms with E-state index in [9.17, 15) is 18.0 Å². The molecule has 2 aromatic heterocycles. The maximum absolute atomic E-state index is 14.5. The average Bonchev–Trinajstić information content (AvgIpc) is 3.67. The number of aromatic nitrogens is 4. The van der Waals surface area contributed by atoms with E-state index in [1.54, 1.807) is 61.4 Å². The molecule has 0 atom stereocenters. The summed E-state index contributed by atoms with van der Waals surface area (Å²) < 4.78 is 30.0. The van der Waals surface area contributed by atoms with E-state index in [1.807, 2.05) is 29.3 Å². The van der Waals surface area contributed by atoms with Gasteiger partial charge in [0.15, 0.2) is 5.78 Å². The Balaban J connectivity index is 1.57. The van der Waals surface area contributed by atoms with Gasteiger partial charge in [-0.25, -0.2) is 22.7 Å². The fraction of sp³-hybridized carbons (Fsp3) is 0.258. The Morgan fingerprint density at radius 3 is 2.02 bits per heavy atom. The lowest BCUT2D eigenvalue weighted by atomic mass is 9.88. The van der Waals surface area contributed by atoms with Gasteiger partial charge in [0.25, 0.3) is 5.91 Å². The number of sulfonamides is 1. The molecule has 1 aliphatic heterocycles. The Hall–Kier alpha value is -5.06. The highest BCUT2D eigenvalue weighted by atomic mass is 32.2. The lowest BCUT2D eigenvalue weighted by Crippen LogP contribution is -2.51. The maximum Gasteiger partial charge on any atom is 0.254 e. The Kier molecular flexibility index (Phi) is 8.23. The van der Waals surface area contributed by atoms with Gasteiger partial charge >= 0.3 is 0 Å². The van der Waals surface area contributed by atoms with Crippen LogP contribution in [0.3, 0.4) is 0 Å². The van der Waals surface area contributed by atoms with E-state index in [2.05, 4.69) is 15.3 Å². The summed E-state index contributed by atoms with van der Waals surface area (Å²) in [5, 5.41) is 12.6. The zero-order chi connectivity index (χ0) is 31.6. The van der Waals surface area contributed by atoms with Crippen molar-refractivity contribution in [3.05, 3.63) is 114 Å². The van der Waals surface area contributed by atoms with Crippen molar-refractivity contribution >= 4 is 21.7 Å². The van der Waals surface area contributed by atoms with Crippen molar-refractivity contribution in [2.24, 2.45) is 14.1 Å². The molecule has 3 heterocycles. The van der Waals surface area contributed by atoms with Crippen LogP contribution in [0.5, 0.6) is 0 Å². The second-order valence-electron chi connectivity index (χ2n) is 11.0. The number of rotatable bonds is 10. The van der Waals surface area contributed by atoms with E-state index < -0.39 is 15.6 Å². The van der Waals surface area contributed by atoms with Crippen LogP contribution in [-0.4, -0.2) is 68.0 Å². The number of imidazole rings is 2. The summed E-state index contributed by atoms with van der Waals surface area (Å²) in [6, 6.07) is 14.6. The van der Waals surface area contributed by atoms with Gasteiger partial charge in [0, 0.05) is 76.5 Å². The van der Waals surface area contributed by atoms with Crippen LogP contribution in [0.15, 0.2) is 90.4 Å². The highest BCUT2D eigenvalue weighted by molar-refractivity contribution is 7.89. The number of aryl methyl sites for hydroxylation is 2. The zero-order valence-electron chi connectivity index (χ0n) is 24.8. The Morgan fingerprint density at radius 2 is 1.55 bits per heavy atom. The van der Waals surface area contributed by atoms with Crippen molar-refractivity contribution in [3.63, 3.8) is 0 Å². The van der Waals surface area contributed by atoms with Crippen LogP contribution in [-0.2, 0) is 48.3 Å². The van der Waals surface area contributed by atoms with Crippen LogP contribution in [0.25, 0.3) is 0 Å². The minimum Gasteiger partial charge on any atom is -0.356 e. The predicted molar refractivity (Wildman–Crippen MR) is 161 cm³/mol. The third kappa shape index (κ3) is 5.90. The van der Waals surface area contributed by atoms with Crippen molar-refractivity contribution in [1.29, 1.82) is 5.26 Å². The van der Waals surface area contributed by atoms with E-state index in [1.165, 1.54) is 37.2 Å². The second-order valence-corrected chi connectivity index (χ2v) is 13.1. The number of hydrogen-bond acceptors (Lipinski definition) is 8. The first-order valence-corrected chi connectivity index (χ1v) is 15.2. The molecule has 0 bridgehead atoms. The Labute approximate surface area is 255 Å². The van der Waals surface area contributed by atoms with E-state index in [-0.39, 0.29) is 36.0 Å². The van der Waals surface area contributed by atoms with Crippen LogP contribution < -0.4 is 5.32 Å². The number of ketones is 1. The lowest BCUT2D eigenvalue weighted by Gasteiger charge is -2.27. The molecule has 12 nitrogen and oxygen atoms in total. The number of nitriles is 1. The van der Waals surface area contributed by atoms with Gasteiger partial charge in [-0.1, -0.05) is 12.1 Å². The highest BCUT2D eigenvalue weighted by Gasteiger charge is 2.50. The maximum atomic E-state index is 14.5. The van der Waals surface area contributed by atoms with E-state index >= 15 is 0 Å². The van der Waals surface area contributed by atoms with E-state index in [0.29, 0.717) is 22.5 Å². The number of nitrogens with one attached hydrogen (secondary N) is 1. The summed E-state index contributed by atoms with van der Waals surface area (Å²) in [6.07, 6.45) is 8.67. The van der Waals surface area contributed by atoms with Crippen LogP contribution >= 0.6 is 0 Å². The molecule has 2 aromatic carbocycles. The van der Waals surface area contributed by atoms with Crippen molar-refractivity contribution in [1.82, 2.24) is 33.6 Å². The molecule has 13 heteroatoms. The van der Waals surface area contributed by atoms with E-state index in [0.717, 1.165) is 15.7 Å². The average molecular weight is 613 g/mol. The van der Waals surface area contributed by atoms with Crippen LogP contribution in [0.1, 0.15) is 32.9 Å². The summed E-state index contributed by atoms with van der Waals surface area (Å²) in [7, 11) is 3.00. The molecule has 5 rings (SSSR count). The number of carbonyl (C=O) groups is 2. The van der Waals surface area contributed by atoms with Gasteiger partial charge in [-0.15, -0.1) is 0 Å². The number of amides is 1. The first-order valence-electron chi connectivity index (χ1n) is 13.7. The SMILES string of the molecule is CN(C)S(=O)(=O)c1ccc(CN2C(=O)C(Cc3cncn3C)(Cc3cncn3C)N/C2=C\C(=O)c2ccc(C#N)cc2)cc1. The standard InChI is InChI=1S/C31H32N8O4S/c1-36(2)44(42,43)27-11-7-23(8-12-27)19-39-29(13-28(40)24-9-5-22(16-32)6-10-24)35-31(30(39)41,14-25-17-33-20-37(25)3)15-26-18-34-21-38(26)4/h5-13,17-18,20-21,35H,14-15,19H2,1-4H3/b29-13+. The van der Waals surface area contributed by atoms with Gasteiger partial charge in [-0.2, -0.15) is 5.26 Å². The van der Waals surface area contributed by atoms with Crippen molar-refractivity contribution in [2.45, 2.75) is 29.8 Å². The summed E-state index contributed by atoms with van der Waals surface area (Å²) >= 11 is 0. The fourth-order valence-corrected chi connectivity index (χ4v) is 6.01. The monoisotopic (exact) mass is 612 g/mol. The smallest absolute Gasteiger partial charge is 0.254 e.